The number of hydrogen-bond donors (Lipinski definition) is 2. The molecule has 0 bridgehead atoms. The maximum atomic E-state index is 10.4. The third kappa shape index (κ3) is 1.22. The molecule has 2 atom stereocenters. The predicted octanol–water partition coefficient (Wildman–Crippen LogP) is 0.655. The smallest absolute Gasteiger partial charge is 0.0972 e. The van der Waals surface area contributed by atoms with Crippen LogP contribution in [0.25, 0.3) is 0 Å². The molecule has 0 radical (unpaired) electrons. The highest BCUT2D eigenvalue weighted by Crippen LogP contribution is 2.52. The summed E-state index contributed by atoms with van der Waals surface area (Å²) in [4.78, 5) is 0. The van der Waals surface area contributed by atoms with Crippen LogP contribution in [0.5, 0.6) is 0 Å². The van der Waals surface area contributed by atoms with Gasteiger partial charge in [-0.15, -0.1) is 0 Å². The SMILES string of the molecule is CC1CC(O)(C2(CN)CCC2)CO1. The van der Waals surface area contributed by atoms with E-state index in [2.05, 4.69) is 0 Å². The average molecular weight is 185 g/mol. The summed E-state index contributed by atoms with van der Waals surface area (Å²) >= 11 is 0. The highest BCUT2D eigenvalue weighted by Gasteiger charge is 2.56. The van der Waals surface area contributed by atoms with Crippen LogP contribution in [0.2, 0.25) is 0 Å². The van der Waals surface area contributed by atoms with E-state index in [1.165, 1.54) is 6.42 Å². The second kappa shape index (κ2) is 2.94. The van der Waals surface area contributed by atoms with Gasteiger partial charge in [0.25, 0.3) is 0 Å². The van der Waals surface area contributed by atoms with E-state index in [1.807, 2.05) is 6.92 Å². The van der Waals surface area contributed by atoms with Crippen molar-refractivity contribution in [2.24, 2.45) is 11.1 Å². The number of ether oxygens (including phenoxy) is 1. The molecule has 2 rings (SSSR count). The van der Waals surface area contributed by atoms with Gasteiger partial charge in [0, 0.05) is 18.4 Å². The molecule has 1 aliphatic heterocycles. The fourth-order valence-electron chi connectivity index (χ4n) is 2.71. The first-order valence-corrected chi connectivity index (χ1v) is 5.16. The lowest BCUT2D eigenvalue weighted by Gasteiger charge is -2.50. The molecule has 76 valence electrons. The molecule has 3 heteroatoms. The molecule has 0 aromatic rings. The molecular weight excluding hydrogens is 166 g/mol. The topological polar surface area (TPSA) is 55.5 Å². The minimum Gasteiger partial charge on any atom is -0.387 e. The summed E-state index contributed by atoms with van der Waals surface area (Å²) in [6, 6.07) is 0. The van der Waals surface area contributed by atoms with E-state index in [0.29, 0.717) is 13.2 Å². The standard InChI is InChI=1S/C10H19NO2/c1-8-5-10(12,7-13-8)9(6-11)3-2-4-9/h8,12H,2-7,11H2,1H3. The number of rotatable bonds is 2. The largest absolute Gasteiger partial charge is 0.387 e. The fraction of sp³-hybridized carbons (Fsp3) is 1.00. The summed E-state index contributed by atoms with van der Waals surface area (Å²) in [5.74, 6) is 0. The van der Waals surface area contributed by atoms with Crippen LogP contribution in [-0.4, -0.2) is 30.0 Å². The van der Waals surface area contributed by atoms with Crippen LogP contribution >= 0.6 is 0 Å². The van der Waals surface area contributed by atoms with Crippen molar-refractivity contribution in [1.82, 2.24) is 0 Å². The first-order chi connectivity index (χ1) is 6.12. The molecule has 1 aliphatic carbocycles. The minimum absolute atomic E-state index is 0.0300. The molecule has 2 unspecified atom stereocenters. The molecule has 0 spiro atoms. The maximum Gasteiger partial charge on any atom is 0.0972 e. The zero-order chi connectivity index (χ0) is 9.53. The van der Waals surface area contributed by atoms with Crippen molar-refractivity contribution in [3.05, 3.63) is 0 Å². The Kier molecular flexibility index (Phi) is 2.13. The Bertz CT molecular complexity index is 198. The van der Waals surface area contributed by atoms with E-state index in [-0.39, 0.29) is 11.5 Å². The highest BCUT2D eigenvalue weighted by atomic mass is 16.5. The molecule has 0 aromatic carbocycles. The molecule has 0 amide bonds. The van der Waals surface area contributed by atoms with Gasteiger partial charge >= 0.3 is 0 Å². The van der Waals surface area contributed by atoms with Crippen molar-refractivity contribution in [2.45, 2.75) is 44.3 Å². The fourth-order valence-corrected chi connectivity index (χ4v) is 2.71. The van der Waals surface area contributed by atoms with Crippen LogP contribution in [0.15, 0.2) is 0 Å². The average Bonchev–Trinajstić information content (AvgIpc) is 2.30. The maximum absolute atomic E-state index is 10.4. The highest BCUT2D eigenvalue weighted by molar-refractivity contribution is 5.07. The summed E-state index contributed by atoms with van der Waals surface area (Å²) in [6.45, 7) is 3.09. The van der Waals surface area contributed by atoms with E-state index in [9.17, 15) is 5.11 Å². The normalized spacial score (nSPS) is 43.2. The molecule has 1 saturated heterocycles. The van der Waals surface area contributed by atoms with Crippen LogP contribution in [0, 0.1) is 5.41 Å². The molecule has 1 heterocycles. The van der Waals surface area contributed by atoms with Gasteiger partial charge in [0.2, 0.25) is 0 Å². The van der Waals surface area contributed by atoms with Gasteiger partial charge in [-0.1, -0.05) is 6.42 Å². The molecule has 13 heavy (non-hydrogen) atoms. The summed E-state index contributed by atoms with van der Waals surface area (Å²) in [5.41, 5.74) is 5.09. The monoisotopic (exact) mass is 185 g/mol. The van der Waals surface area contributed by atoms with E-state index < -0.39 is 5.60 Å². The Morgan fingerprint density at radius 1 is 1.54 bits per heavy atom. The summed E-state index contributed by atoms with van der Waals surface area (Å²) in [7, 11) is 0. The Hall–Kier alpha value is -0.120. The van der Waals surface area contributed by atoms with Crippen LogP contribution in [0.1, 0.15) is 32.6 Å². The quantitative estimate of drug-likeness (QED) is 0.664. The Morgan fingerprint density at radius 2 is 2.23 bits per heavy atom. The minimum atomic E-state index is -0.639. The van der Waals surface area contributed by atoms with Crippen molar-refractivity contribution in [2.75, 3.05) is 13.2 Å². The van der Waals surface area contributed by atoms with Crippen molar-refractivity contribution in [3.8, 4) is 0 Å². The van der Waals surface area contributed by atoms with E-state index in [4.69, 9.17) is 10.5 Å². The lowest BCUT2D eigenvalue weighted by molar-refractivity contribution is -0.122. The van der Waals surface area contributed by atoms with E-state index in [0.717, 1.165) is 19.3 Å². The van der Waals surface area contributed by atoms with Crippen molar-refractivity contribution < 1.29 is 9.84 Å². The van der Waals surface area contributed by atoms with Gasteiger partial charge in [0.05, 0.1) is 18.3 Å². The molecule has 3 N–H and O–H groups in total. The first-order valence-electron chi connectivity index (χ1n) is 5.16. The van der Waals surface area contributed by atoms with E-state index in [1.54, 1.807) is 0 Å². The van der Waals surface area contributed by atoms with Crippen LogP contribution in [0.3, 0.4) is 0 Å². The van der Waals surface area contributed by atoms with Gasteiger partial charge in [-0.2, -0.15) is 0 Å². The number of nitrogens with two attached hydrogens (primary N) is 1. The summed E-state index contributed by atoms with van der Waals surface area (Å²) in [5, 5.41) is 10.4. The second-order valence-corrected chi connectivity index (χ2v) is 4.70. The van der Waals surface area contributed by atoms with Crippen LogP contribution in [-0.2, 0) is 4.74 Å². The molecule has 2 aliphatic rings. The van der Waals surface area contributed by atoms with Crippen molar-refractivity contribution in [1.29, 1.82) is 0 Å². The van der Waals surface area contributed by atoms with Gasteiger partial charge in [0.15, 0.2) is 0 Å². The predicted molar refractivity (Wildman–Crippen MR) is 50.3 cm³/mol. The molecule has 0 aromatic heterocycles. The third-order valence-corrected chi connectivity index (χ3v) is 3.92. The van der Waals surface area contributed by atoms with Crippen molar-refractivity contribution >= 4 is 0 Å². The van der Waals surface area contributed by atoms with Gasteiger partial charge in [-0.3, -0.25) is 0 Å². The Balaban J connectivity index is 2.13. The summed E-state index contributed by atoms with van der Waals surface area (Å²) < 4.78 is 5.45. The Morgan fingerprint density at radius 3 is 2.54 bits per heavy atom. The zero-order valence-electron chi connectivity index (χ0n) is 8.25. The van der Waals surface area contributed by atoms with Gasteiger partial charge < -0.3 is 15.6 Å². The summed E-state index contributed by atoms with van der Waals surface area (Å²) in [6.07, 6.45) is 4.28. The Labute approximate surface area is 79.3 Å². The first kappa shape index (κ1) is 9.44. The van der Waals surface area contributed by atoms with Crippen LogP contribution in [0.4, 0.5) is 0 Å². The lowest BCUT2D eigenvalue weighted by atomic mass is 9.58. The second-order valence-electron chi connectivity index (χ2n) is 4.70. The van der Waals surface area contributed by atoms with Crippen molar-refractivity contribution in [3.63, 3.8) is 0 Å². The molecular formula is C10H19NO2. The molecule has 3 nitrogen and oxygen atoms in total. The third-order valence-electron chi connectivity index (χ3n) is 3.92. The number of hydrogen-bond acceptors (Lipinski definition) is 3. The number of aliphatic hydroxyl groups is 1. The van der Waals surface area contributed by atoms with Gasteiger partial charge in [-0.25, -0.2) is 0 Å². The van der Waals surface area contributed by atoms with Gasteiger partial charge in [-0.05, 0) is 19.8 Å². The van der Waals surface area contributed by atoms with E-state index >= 15 is 0 Å². The molecule has 2 fully saturated rings. The molecule has 1 saturated carbocycles. The lowest BCUT2D eigenvalue weighted by Crippen LogP contribution is -2.57. The zero-order valence-corrected chi connectivity index (χ0v) is 8.25. The van der Waals surface area contributed by atoms with Gasteiger partial charge in [0.1, 0.15) is 0 Å². The van der Waals surface area contributed by atoms with Crippen LogP contribution < -0.4 is 5.73 Å².